The summed E-state index contributed by atoms with van der Waals surface area (Å²) in [7, 11) is -3.93. The van der Waals surface area contributed by atoms with E-state index in [-0.39, 0.29) is 23.4 Å². The zero-order valence-corrected chi connectivity index (χ0v) is 17.3. The largest absolute Gasteiger partial charge is 0.344 e. The summed E-state index contributed by atoms with van der Waals surface area (Å²) in [4.78, 5) is 37.7. The number of imide groups is 1. The Labute approximate surface area is 178 Å². The number of carbonyl (C=O) groups is 3. The van der Waals surface area contributed by atoms with E-state index >= 15 is 0 Å². The molecule has 1 heterocycles. The van der Waals surface area contributed by atoms with Gasteiger partial charge in [0.2, 0.25) is 10.0 Å². The van der Waals surface area contributed by atoms with Crippen molar-refractivity contribution in [3.05, 3.63) is 65.7 Å². The first-order valence-electron chi connectivity index (χ1n) is 9.19. The summed E-state index contributed by atoms with van der Waals surface area (Å²) < 4.78 is 26.8. The smallest absolute Gasteiger partial charge is 0.318 e. The fourth-order valence-electron chi connectivity index (χ4n) is 3.00. The number of nitrogens with zero attached hydrogens (tertiary/aromatic N) is 2. The second kappa shape index (κ2) is 8.55. The van der Waals surface area contributed by atoms with Gasteiger partial charge in [-0.15, -0.1) is 0 Å². The minimum absolute atomic E-state index is 0.00816. The second-order valence-corrected chi connectivity index (χ2v) is 8.60. The molecule has 3 N–H and O–H groups in total. The van der Waals surface area contributed by atoms with Crippen LogP contribution in [-0.4, -0.2) is 37.8 Å². The second-order valence-electron chi connectivity index (χ2n) is 6.84. The average Bonchev–Trinajstić information content (AvgIpc) is 2.98. The molecule has 2 aromatic carbocycles. The molecule has 1 saturated heterocycles. The van der Waals surface area contributed by atoms with Crippen molar-refractivity contribution < 1.29 is 22.8 Å². The molecule has 1 aliphatic heterocycles. The highest BCUT2D eigenvalue weighted by Gasteiger charge is 2.50. The third kappa shape index (κ3) is 4.40. The number of amides is 4. The van der Waals surface area contributed by atoms with Crippen molar-refractivity contribution in [1.29, 1.82) is 5.26 Å². The first-order valence-corrected chi connectivity index (χ1v) is 10.7. The van der Waals surface area contributed by atoms with E-state index in [1.54, 1.807) is 30.3 Å². The molecule has 4 amide bonds. The summed E-state index contributed by atoms with van der Waals surface area (Å²) in [5, 5.41) is 11.7. The van der Waals surface area contributed by atoms with E-state index in [4.69, 9.17) is 5.26 Å². The fourth-order valence-corrected chi connectivity index (χ4v) is 4.08. The summed E-state index contributed by atoms with van der Waals surface area (Å²) in [5.41, 5.74) is 1.34. The lowest BCUT2D eigenvalue weighted by Crippen LogP contribution is -2.47. The van der Waals surface area contributed by atoms with Crippen molar-refractivity contribution in [2.45, 2.75) is 23.8 Å². The fraction of sp³-hybridized carbons (Fsp3) is 0.200. The molecule has 0 bridgehead atoms. The highest BCUT2D eigenvalue weighted by Crippen LogP contribution is 2.27. The van der Waals surface area contributed by atoms with Gasteiger partial charge in [-0.2, -0.15) is 10.3 Å². The monoisotopic (exact) mass is 441 g/mol. The van der Waals surface area contributed by atoms with Gasteiger partial charge in [-0.25, -0.2) is 17.9 Å². The van der Waals surface area contributed by atoms with E-state index < -0.39 is 33.4 Å². The summed E-state index contributed by atoms with van der Waals surface area (Å²) in [6.45, 7) is 1.45. The number of urea groups is 1. The van der Waals surface area contributed by atoms with E-state index in [0.29, 0.717) is 10.6 Å². The molecule has 31 heavy (non-hydrogen) atoms. The minimum Gasteiger partial charge on any atom is -0.318 e. The number of sulfonamides is 1. The summed E-state index contributed by atoms with van der Waals surface area (Å²) >= 11 is 0. The number of benzene rings is 2. The van der Waals surface area contributed by atoms with Crippen molar-refractivity contribution in [2.24, 2.45) is 0 Å². The molecule has 1 atom stereocenters. The Balaban J connectivity index is 1.79. The van der Waals surface area contributed by atoms with Crippen LogP contribution in [0, 0.1) is 11.3 Å². The maximum Gasteiger partial charge on any atom is 0.344 e. The van der Waals surface area contributed by atoms with Gasteiger partial charge in [-0.1, -0.05) is 36.4 Å². The molecular formula is C20H19N5O5S. The molecule has 0 radical (unpaired) electrons. The highest BCUT2D eigenvalue weighted by molar-refractivity contribution is 7.89. The van der Waals surface area contributed by atoms with Crippen molar-refractivity contribution >= 4 is 27.9 Å². The molecule has 160 valence electrons. The van der Waals surface area contributed by atoms with E-state index in [9.17, 15) is 22.8 Å². The standard InChI is InChI=1S/C20H19N5O5S/c1-20(15-8-3-2-4-9-15)18(27)25(19(28)23-20)24-17(26)14-7-5-10-16(13-14)31(29,30)22-12-6-11-21/h2-5,7-10,13,22H,6,12H2,1H3,(H,23,28)(H,24,26)/t20-/m1/s1. The molecule has 1 fully saturated rings. The molecule has 1 aliphatic rings. The van der Waals surface area contributed by atoms with Crippen LogP contribution in [0.4, 0.5) is 4.79 Å². The maximum atomic E-state index is 12.9. The van der Waals surface area contributed by atoms with Gasteiger partial charge in [0.1, 0.15) is 5.54 Å². The third-order valence-corrected chi connectivity index (χ3v) is 6.15. The van der Waals surface area contributed by atoms with E-state index in [2.05, 4.69) is 15.5 Å². The van der Waals surface area contributed by atoms with Crippen molar-refractivity contribution in [2.75, 3.05) is 6.54 Å². The quantitative estimate of drug-likeness (QED) is 0.431. The predicted molar refractivity (Wildman–Crippen MR) is 108 cm³/mol. The van der Waals surface area contributed by atoms with Gasteiger partial charge in [-0.3, -0.25) is 15.0 Å². The highest BCUT2D eigenvalue weighted by atomic mass is 32.2. The summed E-state index contributed by atoms with van der Waals surface area (Å²) in [6.07, 6.45) is -0.00816. The molecule has 2 aromatic rings. The van der Waals surface area contributed by atoms with E-state index in [1.807, 2.05) is 6.07 Å². The summed E-state index contributed by atoms with van der Waals surface area (Å²) in [6, 6.07) is 14.7. The number of nitrogens with one attached hydrogen (secondary N) is 3. The molecule has 11 heteroatoms. The average molecular weight is 441 g/mol. The molecule has 0 unspecified atom stereocenters. The number of carbonyl (C=O) groups excluding carboxylic acids is 3. The Morgan fingerprint density at radius 2 is 1.87 bits per heavy atom. The van der Waals surface area contributed by atoms with Crippen LogP contribution < -0.4 is 15.5 Å². The van der Waals surface area contributed by atoms with Crippen LogP contribution in [0.2, 0.25) is 0 Å². The molecule has 0 spiro atoms. The Hall–Kier alpha value is -3.75. The maximum absolute atomic E-state index is 12.9. The lowest BCUT2D eigenvalue weighted by atomic mass is 9.92. The van der Waals surface area contributed by atoms with Crippen molar-refractivity contribution in [3.8, 4) is 6.07 Å². The molecule has 0 aliphatic carbocycles. The number of hydrogen-bond donors (Lipinski definition) is 3. The van der Waals surface area contributed by atoms with Gasteiger partial charge in [0.25, 0.3) is 11.8 Å². The van der Waals surface area contributed by atoms with Crippen LogP contribution in [0.1, 0.15) is 29.3 Å². The van der Waals surface area contributed by atoms with E-state index in [1.165, 1.54) is 25.1 Å². The van der Waals surface area contributed by atoms with Gasteiger partial charge in [0, 0.05) is 18.5 Å². The van der Waals surface area contributed by atoms with Crippen LogP contribution in [-0.2, 0) is 20.4 Å². The summed E-state index contributed by atoms with van der Waals surface area (Å²) in [5.74, 6) is -1.52. The lowest BCUT2D eigenvalue weighted by molar-refractivity contribution is -0.132. The molecule has 10 nitrogen and oxygen atoms in total. The van der Waals surface area contributed by atoms with Crippen LogP contribution in [0.25, 0.3) is 0 Å². The first kappa shape index (κ1) is 21.9. The van der Waals surface area contributed by atoms with Crippen LogP contribution in [0.15, 0.2) is 59.5 Å². The Kier molecular flexibility index (Phi) is 6.05. The van der Waals surface area contributed by atoms with Gasteiger partial charge in [-0.05, 0) is 30.7 Å². The van der Waals surface area contributed by atoms with Crippen LogP contribution in [0.3, 0.4) is 0 Å². The third-order valence-electron chi connectivity index (χ3n) is 4.69. The Morgan fingerprint density at radius 1 is 1.16 bits per heavy atom. The van der Waals surface area contributed by atoms with Crippen molar-refractivity contribution in [1.82, 2.24) is 20.5 Å². The van der Waals surface area contributed by atoms with Gasteiger partial charge >= 0.3 is 6.03 Å². The van der Waals surface area contributed by atoms with Crippen molar-refractivity contribution in [3.63, 3.8) is 0 Å². The minimum atomic E-state index is -3.93. The number of nitriles is 1. The normalized spacial score (nSPS) is 18.4. The number of hydrogen-bond acceptors (Lipinski definition) is 6. The predicted octanol–water partition coefficient (Wildman–Crippen LogP) is 0.991. The van der Waals surface area contributed by atoms with Gasteiger partial charge < -0.3 is 5.32 Å². The first-order chi connectivity index (χ1) is 14.7. The number of rotatable bonds is 7. The van der Waals surface area contributed by atoms with Crippen LogP contribution in [0.5, 0.6) is 0 Å². The van der Waals surface area contributed by atoms with Crippen LogP contribution >= 0.6 is 0 Å². The number of hydrazine groups is 1. The molecule has 3 rings (SSSR count). The van der Waals surface area contributed by atoms with Gasteiger partial charge in [0.15, 0.2) is 0 Å². The topological polar surface area (TPSA) is 148 Å². The van der Waals surface area contributed by atoms with Gasteiger partial charge in [0.05, 0.1) is 11.0 Å². The lowest BCUT2D eigenvalue weighted by Gasteiger charge is -2.22. The zero-order chi connectivity index (χ0) is 22.6. The molecule has 0 aromatic heterocycles. The SMILES string of the molecule is C[C@]1(c2ccccc2)NC(=O)N(NC(=O)c2cccc(S(=O)(=O)NCCC#N)c2)C1=O. The molecular weight excluding hydrogens is 422 g/mol. The van der Waals surface area contributed by atoms with E-state index in [0.717, 1.165) is 6.07 Å². The zero-order valence-electron chi connectivity index (χ0n) is 16.5. The molecule has 0 saturated carbocycles. The Bertz CT molecular complexity index is 1180. The Morgan fingerprint density at radius 3 is 2.55 bits per heavy atom.